The molecule has 0 aliphatic rings. The number of nitriles is 1. The van der Waals surface area contributed by atoms with Crippen LogP contribution in [-0.4, -0.2) is 9.55 Å². The van der Waals surface area contributed by atoms with Gasteiger partial charge in [-0.2, -0.15) is 5.26 Å². The molecule has 92 valence electrons. The van der Waals surface area contributed by atoms with Gasteiger partial charge in [0.1, 0.15) is 5.82 Å². The van der Waals surface area contributed by atoms with Crippen molar-refractivity contribution in [2.75, 3.05) is 0 Å². The summed E-state index contributed by atoms with van der Waals surface area (Å²) in [5, 5.41) is 12.2. The molecule has 1 atom stereocenters. The van der Waals surface area contributed by atoms with E-state index in [1.54, 1.807) is 6.20 Å². The van der Waals surface area contributed by atoms with Crippen LogP contribution in [0.5, 0.6) is 0 Å². The molecule has 18 heavy (non-hydrogen) atoms. The van der Waals surface area contributed by atoms with E-state index >= 15 is 0 Å². The molecule has 1 heterocycles. The summed E-state index contributed by atoms with van der Waals surface area (Å²) in [6.45, 7) is 2.83. The zero-order valence-corrected chi connectivity index (χ0v) is 10.6. The van der Waals surface area contributed by atoms with Crippen LogP contribution in [0.3, 0.4) is 0 Å². The molecule has 0 saturated heterocycles. The van der Waals surface area contributed by atoms with Crippen LogP contribution in [0.1, 0.15) is 29.9 Å². The van der Waals surface area contributed by atoms with Crippen molar-refractivity contribution >= 4 is 0 Å². The Morgan fingerprint density at radius 2 is 2.11 bits per heavy atom. The second kappa shape index (κ2) is 5.48. The molecule has 0 amide bonds. The van der Waals surface area contributed by atoms with Gasteiger partial charge in [-0.05, 0) is 24.6 Å². The Kier molecular flexibility index (Phi) is 3.75. The third kappa shape index (κ3) is 2.76. The molecule has 0 spiro atoms. The molecule has 0 saturated carbocycles. The van der Waals surface area contributed by atoms with E-state index < -0.39 is 0 Å². The van der Waals surface area contributed by atoms with Gasteiger partial charge in [0, 0.05) is 25.5 Å². The van der Waals surface area contributed by atoms with Crippen molar-refractivity contribution in [3.8, 4) is 6.07 Å². The molecule has 2 aromatic rings. The molecule has 1 unspecified atom stereocenters. The van der Waals surface area contributed by atoms with Gasteiger partial charge in [-0.1, -0.05) is 12.1 Å². The number of rotatable bonds is 4. The van der Waals surface area contributed by atoms with Crippen LogP contribution in [-0.2, 0) is 13.6 Å². The summed E-state index contributed by atoms with van der Waals surface area (Å²) >= 11 is 0. The quantitative estimate of drug-likeness (QED) is 0.890. The second-order valence-corrected chi connectivity index (χ2v) is 4.29. The smallest absolute Gasteiger partial charge is 0.122 e. The summed E-state index contributed by atoms with van der Waals surface area (Å²) in [5.74, 6) is 1.01. The fraction of sp³-hybridized carbons (Fsp3) is 0.286. The van der Waals surface area contributed by atoms with E-state index in [1.807, 2.05) is 42.1 Å². The molecule has 2 rings (SSSR count). The number of nitrogens with zero attached hydrogens (tertiary/aromatic N) is 3. The third-order valence-corrected chi connectivity index (χ3v) is 3.03. The van der Waals surface area contributed by atoms with E-state index in [4.69, 9.17) is 5.26 Å². The lowest BCUT2D eigenvalue weighted by atomic mass is 10.1. The van der Waals surface area contributed by atoms with Crippen LogP contribution in [0.25, 0.3) is 0 Å². The zero-order chi connectivity index (χ0) is 13.0. The summed E-state index contributed by atoms with van der Waals surface area (Å²) in [6, 6.07) is 10.00. The third-order valence-electron chi connectivity index (χ3n) is 3.03. The summed E-state index contributed by atoms with van der Waals surface area (Å²) < 4.78 is 2.00. The van der Waals surface area contributed by atoms with Gasteiger partial charge in [0.25, 0.3) is 0 Å². The molecule has 1 aromatic heterocycles. The molecule has 0 aliphatic heterocycles. The molecule has 4 nitrogen and oxygen atoms in total. The number of aryl methyl sites for hydroxylation is 1. The van der Waals surface area contributed by atoms with Crippen molar-refractivity contribution in [1.82, 2.24) is 14.9 Å². The highest BCUT2D eigenvalue weighted by Crippen LogP contribution is 2.13. The van der Waals surface area contributed by atoms with E-state index in [1.165, 1.54) is 5.56 Å². The molecule has 0 fully saturated rings. The Morgan fingerprint density at radius 1 is 1.39 bits per heavy atom. The average molecular weight is 240 g/mol. The van der Waals surface area contributed by atoms with Gasteiger partial charge >= 0.3 is 0 Å². The van der Waals surface area contributed by atoms with Crippen molar-refractivity contribution in [3.05, 3.63) is 53.6 Å². The first kappa shape index (κ1) is 12.3. The van der Waals surface area contributed by atoms with E-state index in [-0.39, 0.29) is 6.04 Å². The van der Waals surface area contributed by atoms with E-state index in [0.29, 0.717) is 5.56 Å². The van der Waals surface area contributed by atoms with Crippen LogP contribution in [0.4, 0.5) is 0 Å². The van der Waals surface area contributed by atoms with Crippen LogP contribution in [0, 0.1) is 11.3 Å². The van der Waals surface area contributed by atoms with Gasteiger partial charge in [-0.25, -0.2) is 4.98 Å². The van der Waals surface area contributed by atoms with Crippen molar-refractivity contribution in [3.63, 3.8) is 0 Å². The minimum absolute atomic E-state index is 0.231. The second-order valence-electron chi connectivity index (χ2n) is 4.29. The molecular formula is C14H16N4. The maximum absolute atomic E-state index is 8.75. The number of aromatic nitrogens is 2. The van der Waals surface area contributed by atoms with Crippen LogP contribution < -0.4 is 5.32 Å². The largest absolute Gasteiger partial charge is 0.337 e. The Hall–Kier alpha value is -2.12. The van der Waals surface area contributed by atoms with E-state index in [2.05, 4.69) is 23.3 Å². The van der Waals surface area contributed by atoms with Crippen LogP contribution >= 0.6 is 0 Å². The van der Waals surface area contributed by atoms with Gasteiger partial charge in [-0.15, -0.1) is 0 Å². The zero-order valence-electron chi connectivity index (χ0n) is 10.6. The number of hydrogen-bond donors (Lipinski definition) is 1. The van der Waals surface area contributed by atoms with Gasteiger partial charge in [0.05, 0.1) is 18.2 Å². The lowest BCUT2D eigenvalue weighted by Gasteiger charge is -2.14. The van der Waals surface area contributed by atoms with Crippen molar-refractivity contribution < 1.29 is 0 Å². The number of imidazole rings is 1. The van der Waals surface area contributed by atoms with Crippen LogP contribution in [0.2, 0.25) is 0 Å². The summed E-state index contributed by atoms with van der Waals surface area (Å²) in [5.41, 5.74) is 1.86. The SMILES string of the molecule is CC(NCc1nccn1C)c1ccc(C#N)cc1. The summed E-state index contributed by atoms with van der Waals surface area (Å²) in [7, 11) is 1.98. The Labute approximate surface area is 107 Å². The maximum Gasteiger partial charge on any atom is 0.122 e. The standard InChI is InChI=1S/C14H16N4/c1-11(13-5-3-12(9-15)4-6-13)17-10-14-16-7-8-18(14)2/h3-8,11,17H,10H2,1-2H3. The Balaban J connectivity index is 1.97. The lowest BCUT2D eigenvalue weighted by molar-refractivity contribution is 0.549. The number of hydrogen-bond acceptors (Lipinski definition) is 3. The molecule has 0 bridgehead atoms. The topological polar surface area (TPSA) is 53.6 Å². The van der Waals surface area contributed by atoms with Crippen LogP contribution in [0.15, 0.2) is 36.7 Å². The van der Waals surface area contributed by atoms with Gasteiger partial charge in [0.2, 0.25) is 0 Å². The molecule has 1 aromatic carbocycles. The van der Waals surface area contributed by atoms with Gasteiger partial charge < -0.3 is 9.88 Å². The fourth-order valence-corrected chi connectivity index (χ4v) is 1.78. The monoisotopic (exact) mass is 240 g/mol. The molecular weight excluding hydrogens is 224 g/mol. The predicted octanol–water partition coefficient (Wildman–Crippen LogP) is 2.14. The van der Waals surface area contributed by atoms with E-state index in [9.17, 15) is 0 Å². The first-order valence-corrected chi connectivity index (χ1v) is 5.90. The van der Waals surface area contributed by atoms with Gasteiger partial charge in [-0.3, -0.25) is 0 Å². The Bertz CT molecular complexity index is 548. The number of benzene rings is 1. The predicted molar refractivity (Wildman–Crippen MR) is 69.6 cm³/mol. The minimum Gasteiger partial charge on any atom is -0.337 e. The first-order chi connectivity index (χ1) is 8.70. The minimum atomic E-state index is 0.231. The van der Waals surface area contributed by atoms with Crippen molar-refractivity contribution in [2.45, 2.75) is 19.5 Å². The summed E-state index contributed by atoms with van der Waals surface area (Å²) in [4.78, 5) is 4.27. The van der Waals surface area contributed by atoms with Gasteiger partial charge in [0.15, 0.2) is 0 Å². The molecule has 4 heteroatoms. The normalized spacial score (nSPS) is 12.1. The average Bonchev–Trinajstić information content (AvgIpc) is 2.81. The van der Waals surface area contributed by atoms with E-state index in [0.717, 1.165) is 12.4 Å². The number of nitrogens with one attached hydrogen (secondary N) is 1. The van der Waals surface area contributed by atoms with Crippen molar-refractivity contribution in [2.24, 2.45) is 7.05 Å². The maximum atomic E-state index is 8.75. The fourth-order valence-electron chi connectivity index (χ4n) is 1.78. The molecule has 0 radical (unpaired) electrons. The first-order valence-electron chi connectivity index (χ1n) is 5.90. The molecule has 1 N–H and O–H groups in total. The molecule has 0 aliphatic carbocycles. The van der Waals surface area contributed by atoms with Crippen molar-refractivity contribution in [1.29, 1.82) is 5.26 Å². The Morgan fingerprint density at radius 3 is 2.67 bits per heavy atom. The lowest BCUT2D eigenvalue weighted by Crippen LogP contribution is -2.20. The highest BCUT2D eigenvalue weighted by atomic mass is 15.1. The highest BCUT2D eigenvalue weighted by Gasteiger charge is 2.06. The summed E-state index contributed by atoms with van der Waals surface area (Å²) in [6.07, 6.45) is 3.73. The highest BCUT2D eigenvalue weighted by molar-refractivity contribution is 5.32.